The molecule has 7 nitrogen and oxygen atoms in total. The monoisotopic (exact) mass is 438 g/mol. The maximum atomic E-state index is 13.5. The molecule has 1 amide bonds. The van der Waals surface area contributed by atoms with Crippen molar-refractivity contribution in [2.45, 2.75) is 52.4 Å². The highest BCUT2D eigenvalue weighted by atomic mass is 35.5. The Balaban J connectivity index is 1.39. The Hall–Kier alpha value is -2.48. The highest BCUT2D eigenvalue weighted by molar-refractivity contribution is 6.31. The molecule has 0 spiro atoms. The second kappa shape index (κ2) is 7.89. The van der Waals surface area contributed by atoms with Gasteiger partial charge in [-0.3, -0.25) is 9.69 Å². The van der Waals surface area contributed by atoms with Crippen molar-refractivity contribution in [2.24, 2.45) is 5.73 Å². The quantitative estimate of drug-likeness (QED) is 0.679. The van der Waals surface area contributed by atoms with Gasteiger partial charge in [-0.1, -0.05) is 29.8 Å². The van der Waals surface area contributed by atoms with Crippen molar-refractivity contribution in [2.75, 3.05) is 13.1 Å². The first-order valence-electron chi connectivity index (χ1n) is 10.8. The Kier molecular flexibility index (Phi) is 5.20. The van der Waals surface area contributed by atoms with Gasteiger partial charge in [-0.25, -0.2) is 9.50 Å². The summed E-state index contributed by atoms with van der Waals surface area (Å²) in [6.07, 6.45) is 2.01. The number of nitrogens with two attached hydrogens (primary N) is 1. The van der Waals surface area contributed by atoms with Crippen LogP contribution in [0.1, 0.15) is 51.4 Å². The Morgan fingerprint density at radius 2 is 1.94 bits per heavy atom. The first kappa shape index (κ1) is 20.4. The van der Waals surface area contributed by atoms with Crippen molar-refractivity contribution in [3.63, 3.8) is 0 Å². The fourth-order valence-electron chi connectivity index (χ4n) is 4.65. The molecule has 0 radical (unpaired) electrons. The van der Waals surface area contributed by atoms with E-state index < -0.39 is 0 Å². The summed E-state index contributed by atoms with van der Waals surface area (Å²) < 4.78 is 1.80. The third-order valence-electron chi connectivity index (χ3n) is 6.52. The minimum atomic E-state index is 0.0443. The lowest BCUT2D eigenvalue weighted by Crippen LogP contribution is -2.39. The number of benzene rings is 1. The average Bonchev–Trinajstić information content (AvgIpc) is 3.33. The molecule has 0 bridgehead atoms. The molecular weight excluding hydrogens is 412 g/mol. The van der Waals surface area contributed by atoms with Crippen LogP contribution in [-0.2, 0) is 19.6 Å². The molecule has 1 fully saturated rings. The molecule has 3 aromatic rings. The minimum Gasteiger partial charge on any atom is -0.328 e. The molecule has 2 N–H and O–H groups in total. The lowest BCUT2D eigenvalue weighted by atomic mass is 10.0. The molecule has 1 saturated heterocycles. The van der Waals surface area contributed by atoms with Crippen LogP contribution >= 0.6 is 11.6 Å². The van der Waals surface area contributed by atoms with E-state index in [0.717, 1.165) is 71.9 Å². The van der Waals surface area contributed by atoms with E-state index in [1.165, 1.54) is 0 Å². The van der Waals surface area contributed by atoms with Crippen molar-refractivity contribution in [3.05, 3.63) is 63.1 Å². The van der Waals surface area contributed by atoms with Crippen molar-refractivity contribution in [3.8, 4) is 0 Å². The smallest absolute Gasteiger partial charge is 0.254 e. The van der Waals surface area contributed by atoms with Crippen molar-refractivity contribution >= 4 is 23.2 Å². The summed E-state index contributed by atoms with van der Waals surface area (Å²) in [5.74, 6) is 0.0443. The third-order valence-corrected chi connectivity index (χ3v) is 7.06. The summed E-state index contributed by atoms with van der Waals surface area (Å²) in [6.45, 7) is 7.57. The van der Waals surface area contributed by atoms with Crippen LogP contribution in [0.15, 0.2) is 24.3 Å². The minimum absolute atomic E-state index is 0.0443. The molecule has 2 aliphatic rings. The molecule has 2 aromatic heterocycles. The second-order valence-electron chi connectivity index (χ2n) is 8.69. The van der Waals surface area contributed by atoms with E-state index in [1.807, 2.05) is 36.9 Å². The zero-order chi connectivity index (χ0) is 21.7. The number of carbonyl (C=O) groups is 1. The topological polar surface area (TPSA) is 79.8 Å². The van der Waals surface area contributed by atoms with Crippen LogP contribution in [-0.4, -0.2) is 49.4 Å². The van der Waals surface area contributed by atoms with Crippen LogP contribution in [0.3, 0.4) is 0 Å². The first-order valence-corrected chi connectivity index (χ1v) is 11.2. The fourth-order valence-corrected chi connectivity index (χ4v) is 4.77. The lowest BCUT2D eigenvalue weighted by Gasteiger charge is -2.30. The highest BCUT2D eigenvalue weighted by Crippen LogP contribution is 2.30. The maximum absolute atomic E-state index is 13.5. The summed E-state index contributed by atoms with van der Waals surface area (Å²) in [6, 6.07) is 8.23. The molecule has 5 rings (SSSR count). The van der Waals surface area contributed by atoms with E-state index in [-0.39, 0.29) is 5.91 Å². The van der Waals surface area contributed by atoms with Crippen molar-refractivity contribution in [1.82, 2.24) is 24.4 Å². The van der Waals surface area contributed by atoms with E-state index in [4.69, 9.17) is 22.4 Å². The number of hydrogen-bond donors (Lipinski definition) is 1. The SMILES string of the molecule is Cc1nc2c3c(nn2c(C)c1Cl)CN(C(=O)c1ccccc1CN1CCC(N)CC1)C3. The van der Waals surface area contributed by atoms with E-state index in [0.29, 0.717) is 24.2 Å². The number of aryl methyl sites for hydroxylation is 2. The molecule has 162 valence electrons. The van der Waals surface area contributed by atoms with Gasteiger partial charge in [0.1, 0.15) is 0 Å². The summed E-state index contributed by atoms with van der Waals surface area (Å²) in [5, 5.41) is 5.33. The summed E-state index contributed by atoms with van der Waals surface area (Å²) in [4.78, 5) is 22.4. The van der Waals surface area contributed by atoms with E-state index >= 15 is 0 Å². The number of fused-ring (bicyclic) bond motifs is 3. The highest BCUT2D eigenvalue weighted by Gasteiger charge is 2.31. The van der Waals surface area contributed by atoms with Crippen molar-refractivity contribution in [1.29, 1.82) is 0 Å². The Morgan fingerprint density at radius 3 is 2.71 bits per heavy atom. The summed E-state index contributed by atoms with van der Waals surface area (Å²) in [5.41, 5.74) is 12.2. The van der Waals surface area contributed by atoms with Gasteiger partial charge < -0.3 is 10.6 Å². The fraction of sp³-hybridized carbons (Fsp3) is 0.435. The van der Waals surface area contributed by atoms with Gasteiger partial charge in [0.25, 0.3) is 5.91 Å². The summed E-state index contributed by atoms with van der Waals surface area (Å²) in [7, 11) is 0. The van der Waals surface area contributed by atoms with Gasteiger partial charge in [0.15, 0.2) is 5.65 Å². The second-order valence-corrected chi connectivity index (χ2v) is 9.07. The maximum Gasteiger partial charge on any atom is 0.254 e. The number of aromatic nitrogens is 3. The molecule has 31 heavy (non-hydrogen) atoms. The van der Waals surface area contributed by atoms with Gasteiger partial charge in [-0.2, -0.15) is 5.10 Å². The predicted molar refractivity (Wildman–Crippen MR) is 120 cm³/mol. The molecule has 4 heterocycles. The normalized spacial score (nSPS) is 17.5. The zero-order valence-corrected chi connectivity index (χ0v) is 18.7. The molecular formula is C23H27ClN6O. The Morgan fingerprint density at radius 1 is 1.19 bits per heavy atom. The average molecular weight is 439 g/mol. The first-order chi connectivity index (χ1) is 14.9. The molecule has 0 saturated carbocycles. The van der Waals surface area contributed by atoms with Crippen LogP contribution in [0.5, 0.6) is 0 Å². The van der Waals surface area contributed by atoms with Gasteiger partial charge in [-0.05, 0) is 51.4 Å². The van der Waals surface area contributed by atoms with E-state index in [1.54, 1.807) is 4.52 Å². The number of rotatable bonds is 3. The number of halogens is 1. The van der Waals surface area contributed by atoms with Gasteiger partial charge >= 0.3 is 0 Å². The van der Waals surface area contributed by atoms with Gasteiger partial charge in [0.2, 0.25) is 0 Å². The lowest BCUT2D eigenvalue weighted by molar-refractivity contribution is 0.0747. The number of carbonyl (C=O) groups excluding carboxylic acids is 1. The largest absolute Gasteiger partial charge is 0.328 e. The molecule has 8 heteroatoms. The molecule has 0 atom stereocenters. The number of hydrogen-bond acceptors (Lipinski definition) is 5. The van der Waals surface area contributed by atoms with Crippen LogP contribution in [0.4, 0.5) is 0 Å². The van der Waals surface area contributed by atoms with Gasteiger partial charge in [0.05, 0.1) is 35.2 Å². The van der Waals surface area contributed by atoms with E-state index in [2.05, 4.69) is 16.0 Å². The zero-order valence-electron chi connectivity index (χ0n) is 17.9. The molecule has 1 aromatic carbocycles. The van der Waals surface area contributed by atoms with E-state index in [9.17, 15) is 4.79 Å². The van der Waals surface area contributed by atoms with Crippen LogP contribution in [0.2, 0.25) is 5.02 Å². The molecule has 0 aliphatic carbocycles. The number of nitrogens with zero attached hydrogens (tertiary/aromatic N) is 5. The van der Waals surface area contributed by atoms with Crippen molar-refractivity contribution < 1.29 is 4.79 Å². The third kappa shape index (κ3) is 3.60. The summed E-state index contributed by atoms with van der Waals surface area (Å²) >= 11 is 6.35. The predicted octanol–water partition coefficient (Wildman–Crippen LogP) is 3.08. The van der Waals surface area contributed by atoms with Gasteiger partial charge in [0, 0.05) is 23.7 Å². The standard InChI is InChI=1S/C23H27ClN6O/c1-14-21(24)15(2)30-22(26-14)19-12-29(13-20(19)27-30)23(31)18-6-4-3-5-16(18)11-28-9-7-17(25)8-10-28/h3-6,17H,7-13,25H2,1-2H3. The molecule has 0 unspecified atom stereocenters. The van der Waals surface area contributed by atoms with Crippen LogP contribution < -0.4 is 5.73 Å². The number of likely N-dealkylation sites (tertiary alicyclic amines) is 1. The number of piperidine rings is 1. The Labute approximate surface area is 186 Å². The molecule has 2 aliphatic heterocycles. The van der Waals surface area contributed by atoms with Crippen LogP contribution in [0.25, 0.3) is 5.65 Å². The Bertz CT molecular complexity index is 1160. The van der Waals surface area contributed by atoms with Crippen LogP contribution in [0, 0.1) is 13.8 Å². The number of amides is 1. The van der Waals surface area contributed by atoms with Gasteiger partial charge in [-0.15, -0.1) is 0 Å².